The lowest BCUT2D eigenvalue weighted by Crippen LogP contribution is -2.50. The smallest absolute Gasteiger partial charge is 0.262 e. The zero-order chi connectivity index (χ0) is 15.8. The Balaban J connectivity index is 1.76. The molecule has 2 atom stereocenters. The van der Waals surface area contributed by atoms with Crippen LogP contribution in [0, 0.1) is 0 Å². The Morgan fingerprint density at radius 2 is 2.36 bits per heavy atom. The molecule has 1 aromatic heterocycles. The fourth-order valence-corrected chi connectivity index (χ4v) is 4.87. The van der Waals surface area contributed by atoms with Crippen LogP contribution in [0.1, 0.15) is 26.2 Å². The maximum absolute atomic E-state index is 12.7. The molecule has 0 unspecified atom stereocenters. The van der Waals surface area contributed by atoms with Crippen molar-refractivity contribution in [3.05, 3.63) is 12.5 Å². The summed E-state index contributed by atoms with van der Waals surface area (Å²) in [4.78, 5) is 3.99. The van der Waals surface area contributed by atoms with Crippen LogP contribution < -0.4 is 0 Å². The van der Waals surface area contributed by atoms with Gasteiger partial charge in [-0.2, -0.15) is 4.31 Å². The molecule has 1 spiro atoms. The maximum atomic E-state index is 12.7. The fourth-order valence-electron chi connectivity index (χ4n) is 3.35. The zero-order valence-electron chi connectivity index (χ0n) is 13.1. The fraction of sp³-hybridized carbons (Fsp3) is 0.786. The minimum Gasteiger partial charge on any atom is -0.376 e. The molecule has 2 aliphatic rings. The summed E-state index contributed by atoms with van der Waals surface area (Å²) in [5.41, 5.74) is -0.403. The third-order valence-corrected chi connectivity index (χ3v) is 6.10. The average Bonchev–Trinajstić information content (AvgIpc) is 3.07. The third kappa shape index (κ3) is 2.92. The number of aromatic nitrogens is 2. The molecule has 22 heavy (non-hydrogen) atoms. The van der Waals surface area contributed by atoms with Crippen LogP contribution in [0.5, 0.6) is 0 Å². The van der Waals surface area contributed by atoms with Crippen molar-refractivity contribution in [2.75, 3.05) is 26.3 Å². The van der Waals surface area contributed by atoms with Crippen molar-refractivity contribution in [1.82, 2.24) is 13.9 Å². The molecular formula is C14H23N3O4S. The lowest BCUT2D eigenvalue weighted by Gasteiger charge is -2.38. The number of rotatable bonds is 4. The van der Waals surface area contributed by atoms with Gasteiger partial charge in [-0.05, 0) is 19.8 Å². The predicted molar refractivity (Wildman–Crippen MR) is 79.9 cm³/mol. The van der Waals surface area contributed by atoms with Crippen molar-refractivity contribution in [3.63, 3.8) is 0 Å². The number of ether oxygens (including phenoxy) is 2. The first-order valence-corrected chi connectivity index (χ1v) is 9.13. The predicted octanol–water partition coefficient (Wildman–Crippen LogP) is 0.769. The molecule has 0 aromatic carbocycles. The number of piperidine rings is 1. The van der Waals surface area contributed by atoms with Crippen LogP contribution in [0.3, 0.4) is 0 Å². The summed E-state index contributed by atoms with van der Waals surface area (Å²) in [5, 5.41) is 0.103. The largest absolute Gasteiger partial charge is 0.376 e. The van der Waals surface area contributed by atoms with Crippen molar-refractivity contribution in [2.24, 2.45) is 7.05 Å². The summed E-state index contributed by atoms with van der Waals surface area (Å²) in [5.74, 6) is 0. The van der Waals surface area contributed by atoms with E-state index in [1.54, 1.807) is 11.6 Å². The quantitative estimate of drug-likeness (QED) is 0.816. The van der Waals surface area contributed by atoms with Crippen LogP contribution in [0.25, 0.3) is 0 Å². The van der Waals surface area contributed by atoms with Crippen LogP contribution in [-0.4, -0.2) is 60.3 Å². The van der Waals surface area contributed by atoms with Crippen molar-refractivity contribution < 1.29 is 17.9 Å². The Morgan fingerprint density at radius 1 is 1.55 bits per heavy atom. The summed E-state index contributed by atoms with van der Waals surface area (Å²) < 4.78 is 40.2. The molecule has 7 nitrogen and oxygen atoms in total. The number of hydrogen-bond acceptors (Lipinski definition) is 5. The zero-order valence-corrected chi connectivity index (χ0v) is 13.9. The minimum atomic E-state index is -3.55. The highest BCUT2D eigenvalue weighted by atomic mass is 32.2. The van der Waals surface area contributed by atoms with Gasteiger partial charge in [0.2, 0.25) is 0 Å². The average molecular weight is 329 g/mol. The second kappa shape index (κ2) is 5.92. The van der Waals surface area contributed by atoms with Crippen LogP contribution in [0.15, 0.2) is 17.6 Å². The second-order valence-electron chi connectivity index (χ2n) is 6.10. The molecule has 0 bridgehead atoms. The Kier molecular flexibility index (Phi) is 4.28. The second-order valence-corrected chi connectivity index (χ2v) is 7.98. The molecule has 0 saturated carbocycles. The standard InChI is InChI=1S/C14H23N3O4S/c1-3-20-12-7-14(21-9-12)5-4-6-17(10-14)22(18,19)13-8-16(2)11-15-13/h8,11-12H,3-7,9-10H2,1-2H3/t12-,14-/m0/s1. The lowest BCUT2D eigenvalue weighted by molar-refractivity contribution is -0.0353. The van der Waals surface area contributed by atoms with Gasteiger partial charge in [0.25, 0.3) is 10.0 Å². The molecule has 3 heterocycles. The Morgan fingerprint density at radius 3 is 3.05 bits per heavy atom. The van der Waals surface area contributed by atoms with Gasteiger partial charge < -0.3 is 14.0 Å². The van der Waals surface area contributed by atoms with E-state index < -0.39 is 15.6 Å². The van der Waals surface area contributed by atoms with Crippen molar-refractivity contribution in [1.29, 1.82) is 0 Å². The van der Waals surface area contributed by atoms with E-state index in [1.165, 1.54) is 16.8 Å². The lowest BCUT2D eigenvalue weighted by atomic mass is 9.90. The molecule has 0 N–H and O–H groups in total. The van der Waals surface area contributed by atoms with E-state index in [1.807, 2.05) is 6.92 Å². The highest BCUT2D eigenvalue weighted by Gasteiger charge is 2.46. The summed E-state index contributed by atoms with van der Waals surface area (Å²) in [6, 6.07) is 0. The van der Waals surface area contributed by atoms with E-state index >= 15 is 0 Å². The normalized spacial score (nSPS) is 30.2. The highest BCUT2D eigenvalue weighted by Crippen LogP contribution is 2.37. The topological polar surface area (TPSA) is 73.7 Å². The van der Waals surface area contributed by atoms with Gasteiger partial charge in [0.05, 0.1) is 24.6 Å². The van der Waals surface area contributed by atoms with E-state index in [0.29, 0.717) is 26.3 Å². The van der Waals surface area contributed by atoms with E-state index in [4.69, 9.17) is 9.47 Å². The van der Waals surface area contributed by atoms with Crippen LogP contribution >= 0.6 is 0 Å². The molecule has 0 amide bonds. The van der Waals surface area contributed by atoms with Gasteiger partial charge >= 0.3 is 0 Å². The van der Waals surface area contributed by atoms with E-state index in [-0.39, 0.29) is 11.1 Å². The first-order chi connectivity index (χ1) is 10.5. The summed E-state index contributed by atoms with van der Waals surface area (Å²) in [6.45, 7) is 4.06. The van der Waals surface area contributed by atoms with Crippen LogP contribution in [0.4, 0.5) is 0 Å². The molecule has 2 aliphatic heterocycles. The van der Waals surface area contributed by atoms with Gasteiger partial charge in [-0.1, -0.05) is 0 Å². The third-order valence-electron chi connectivity index (χ3n) is 4.37. The SMILES string of the molecule is CCO[C@@H]1CO[C@@]2(CCCN(S(=O)(=O)c3cn(C)cn3)C2)C1. The van der Waals surface area contributed by atoms with Gasteiger partial charge in [-0.25, -0.2) is 13.4 Å². The summed E-state index contributed by atoms with van der Waals surface area (Å²) >= 11 is 0. The Bertz CT molecular complexity index is 630. The Hall–Kier alpha value is -0.960. The maximum Gasteiger partial charge on any atom is 0.262 e. The van der Waals surface area contributed by atoms with Gasteiger partial charge in [0.15, 0.2) is 5.03 Å². The molecule has 2 fully saturated rings. The van der Waals surface area contributed by atoms with E-state index in [9.17, 15) is 8.42 Å². The van der Waals surface area contributed by atoms with Gasteiger partial charge in [-0.3, -0.25) is 0 Å². The summed E-state index contributed by atoms with van der Waals surface area (Å²) in [7, 11) is -1.79. The number of sulfonamides is 1. The number of imidazole rings is 1. The highest BCUT2D eigenvalue weighted by molar-refractivity contribution is 7.89. The van der Waals surface area contributed by atoms with E-state index in [2.05, 4.69) is 4.98 Å². The summed E-state index contributed by atoms with van der Waals surface area (Å²) in [6.07, 6.45) is 5.55. The number of nitrogens with zero attached hydrogens (tertiary/aromatic N) is 3. The minimum absolute atomic E-state index is 0.0718. The molecular weight excluding hydrogens is 306 g/mol. The first-order valence-electron chi connectivity index (χ1n) is 7.69. The Labute approximate surface area is 131 Å². The molecule has 0 radical (unpaired) electrons. The van der Waals surface area contributed by atoms with Gasteiger partial charge in [0.1, 0.15) is 0 Å². The van der Waals surface area contributed by atoms with Crippen LogP contribution in [0.2, 0.25) is 0 Å². The molecule has 1 aromatic rings. The van der Waals surface area contributed by atoms with E-state index in [0.717, 1.165) is 19.3 Å². The molecule has 124 valence electrons. The molecule has 2 saturated heterocycles. The van der Waals surface area contributed by atoms with Crippen molar-refractivity contribution in [3.8, 4) is 0 Å². The first kappa shape index (κ1) is 15.9. The van der Waals surface area contributed by atoms with Gasteiger partial charge in [-0.15, -0.1) is 0 Å². The van der Waals surface area contributed by atoms with Crippen LogP contribution in [-0.2, 0) is 26.5 Å². The van der Waals surface area contributed by atoms with Crippen molar-refractivity contribution in [2.45, 2.75) is 42.9 Å². The molecule has 8 heteroatoms. The molecule has 3 rings (SSSR count). The monoisotopic (exact) mass is 329 g/mol. The van der Waals surface area contributed by atoms with Gasteiger partial charge in [0, 0.05) is 39.4 Å². The number of hydrogen-bond donors (Lipinski definition) is 0. The number of aryl methyl sites for hydroxylation is 1. The molecule has 0 aliphatic carbocycles. The van der Waals surface area contributed by atoms with Crippen molar-refractivity contribution >= 4 is 10.0 Å².